The predicted molar refractivity (Wildman–Crippen MR) is 86.1 cm³/mol. The Balaban J connectivity index is 0.00000200. The number of halogens is 3. The Morgan fingerprint density at radius 3 is 2.80 bits per heavy atom. The van der Waals surface area contributed by atoms with Gasteiger partial charge in [0.1, 0.15) is 0 Å². The quantitative estimate of drug-likeness (QED) is 0.916. The van der Waals surface area contributed by atoms with Crippen LogP contribution in [0.2, 0.25) is 10.0 Å². The Morgan fingerprint density at radius 1 is 1.45 bits per heavy atom. The molecule has 0 aliphatic carbocycles. The Hall–Kier alpha value is -0.480. The minimum Gasteiger partial charge on any atom is -0.336 e. The van der Waals surface area contributed by atoms with Crippen molar-refractivity contribution in [3.8, 4) is 0 Å². The van der Waals surface area contributed by atoms with Crippen LogP contribution in [0.3, 0.4) is 0 Å². The number of hydrogen-bond acceptors (Lipinski definition) is 2. The monoisotopic (exact) mass is 336 g/mol. The van der Waals surface area contributed by atoms with Crippen molar-refractivity contribution >= 4 is 41.5 Å². The summed E-state index contributed by atoms with van der Waals surface area (Å²) >= 11 is 12.3. The van der Waals surface area contributed by atoms with Crippen molar-refractivity contribution in [2.45, 2.75) is 25.8 Å². The first-order valence-electron chi connectivity index (χ1n) is 6.46. The molecule has 1 aromatic rings. The van der Waals surface area contributed by atoms with Gasteiger partial charge in [0.2, 0.25) is 5.91 Å². The van der Waals surface area contributed by atoms with Crippen molar-refractivity contribution in [3.05, 3.63) is 33.3 Å². The van der Waals surface area contributed by atoms with E-state index in [1.165, 1.54) is 0 Å². The highest BCUT2D eigenvalue weighted by molar-refractivity contribution is 6.35. The van der Waals surface area contributed by atoms with Crippen molar-refractivity contribution in [1.82, 2.24) is 10.2 Å². The lowest BCUT2D eigenvalue weighted by molar-refractivity contribution is -0.133. The third kappa shape index (κ3) is 3.59. The van der Waals surface area contributed by atoms with Gasteiger partial charge < -0.3 is 10.2 Å². The molecular weight excluding hydrogens is 319 g/mol. The van der Waals surface area contributed by atoms with Crippen molar-refractivity contribution in [2.24, 2.45) is 0 Å². The summed E-state index contributed by atoms with van der Waals surface area (Å²) in [4.78, 5) is 14.1. The Labute approximate surface area is 136 Å². The summed E-state index contributed by atoms with van der Waals surface area (Å²) in [5.74, 6) is 0.170. The predicted octanol–water partition coefficient (Wildman–Crippen LogP) is 3.47. The number of carbonyl (C=O) groups is 1. The van der Waals surface area contributed by atoms with Crippen molar-refractivity contribution in [1.29, 1.82) is 0 Å². The highest BCUT2D eigenvalue weighted by Crippen LogP contribution is 2.36. The van der Waals surface area contributed by atoms with E-state index in [9.17, 15) is 4.79 Å². The summed E-state index contributed by atoms with van der Waals surface area (Å²) in [6.07, 6.45) is 1.31. The number of hydrogen-bond donors (Lipinski definition) is 1. The maximum atomic E-state index is 12.2. The van der Waals surface area contributed by atoms with Crippen LogP contribution in [0.1, 0.15) is 30.5 Å². The van der Waals surface area contributed by atoms with E-state index in [1.54, 1.807) is 6.07 Å². The second-order valence-corrected chi connectivity index (χ2v) is 5.67. The molecule has 1 aliphatic rings. The molecule has 0 saturated carbocycles. The fourth-order valence-corrected chi connectivity index (χ4v) is 3.17. The summed E-state index contributed by atoms with van der Waals surface area (Å²) in [6.45, 7) is 3.45. The molecule has 1 N–H and O–H groups in total. The highest BCUT2D eigenvalue weighted by atomic mass is 35.5. The average molecular weight is 338 g/mol. The van der Waals surface area contributed by atoms with E-state index < -0.39 is 0 Å². The molecular formula is C14H19Cl3N2O. The molecule has 1 atom stereocenters. The number of nitrogens with zero attached hydrogens (tertiary/aromatic N) is 1. The van der Waals surface area contributed by atoms with Gasteiger partial charge in [-0.1, -0.05) is 23.2 Å². The molecule has 0 aromatic heterocycles. The maximum Gasteiger partial charge on any atom is 0.224 e. The zero-order chi connectivity index (χ0) is 14.0. The molecule has 3 nitrogen and oxygen atoms in total. The summed E-state index contributed by atoms with van der Waals surface area (Å²) < 4.78 is 0. The number of nitrogens with one attached hydrogen (secondary N) is 1. The SMILES string of the molecule is CNCCC(=O)N1CCc2c(Cl)cc(Cl)cc2C1C.Cl. The lowest BCUT2D eigenvalue weighted by Crippen LogP contribution is -2.39. The van der Waals surface area contributed by atoms with E-state index in [1.807, 2.05) is 24.9 Å². The standard InChI is InChI=1S/C14H18Cl2N2O.ClH/c1-9-12-7-10(15)8-13(16)11(12)4-6-18(9)14(19)3-5-17-2;/h7-9,17H,3-6H2,1-2H3;1H. The summed E-state index contributed by atoms with van der Waals surface area (Å²) in [5, 5.41) is 4.33. The Morgan fingerprint density at radius 2 is 2.15 bits per heavy atom. The summed E-state index contributed by atoms with van der Waals surface area (Å²) in [6, 6.07) is 3.72. The molecule has 1 heterocycles. The molecule has 6 heteroatoms. The first-order valence-corrected chi connectivity index (χ1v) is 7.22. The second kappa shape index (κ2) is 7.51. The molecule has 1 aliphatic heterocycles. The number of fused-ring (bicyclic) bond motifs is 1. The van der Waals surface area contributed by atoms with Crippen LogP contribution in [-0.2, 0) is 11.2 Å². The summed E-state index contributed by atoms with van der Waals surface area (Å²) in [5.41, 5.74) is 2.19. The van der Waals surface area contributed by atoms with Gasteiger partial charge in [-0.15, -0.1) is 12.4 Å². The maximum absolute atomic E-state index is 12.2. The minimum absolute atomic E-state index is 0. The molecule has 0 bridgehead atoms. The van der Waals surface area contributed by atoms with Crippen molar-refractivity contribution < 1.29 is 4.79 Å². The largest absolute Gasteiger partial charge is 0.336 e. The van der Waals surface area contributed by atoms with Crippen molar-refractivity contribution in [2.75, 3.05) is 20.1 Å². The second-order valence-electron chi connectivity index (χ2n) is 4.82. The fourth-order valence-electron chi connectivity index (χ4n) is 2.57. The minimum atomic E-state index is 0. The molecule has 0 radical (unpaired) electrons. The first kappa shape index (κ1) is 17.6. The van der Waals surface area contributed by atoms with Crippen LogP contribution >= 0.6 is 35.6 Å². The van der Waals surface area contributed by atoms with E-state index in [2.05, 4.69) is 5.32 Å². The lowest BCUT2D eigenvalue weighted by Gasteiger charge is -2.36. The third-order valence-electron chi connectivity index (χ3n) is 3.62. The van der Waals surface area contributed by atoms with E-state index >= 15 is 0 Å². The topological polar surface area (TPSA) is 32.3 Å². The van der Waals surface area contributed by atoms with Gasteiger partial charge in [0.05, 0.1) is 6.04 Å². The lowest BCUT2D eigenvalue weighted by atomic mass is 9.93. The Bertz CT molecular complexity index is 494. The molecule has 1 aromatic carbocycles. The van der Waals surface area contributed by atoms with Gasteiger partial charge >= 0.3 is 0 Å². The molecule has 112 valence electrons. The normalized spacial score (nSPS) is 17.4. The molecule has 0 fully saturated rings. The third-order valence-corrected chi connectivity index (χ3v) is 4.18. The molecule has 0 saturated heterocycles. The number of amides is 1. The van der Waals surface area contributed by atoms with E-state index in [0.717, 1.165) is 24.1 Å². The van der Waals surface area contributed by atoms with Crippen LogP contribution in [0.15, 0.2) is 12.1 Å². The van der Waals surface area contributed by atoms with Crippen molar-refractivity contribution in [3.63, 3.8) is 0 Å². The van der Waals surface area contributed by atoms with E-state index in [-0.39, 0.29) is 24.4 Å². The average Bonchev–Trinajstić information content (AvgIpc) is 2.37. The van der Waals surface area contributed by atoms with Crippen LogP contribution in [-0.4, -0.2) is 30.9 Å². The van der Waals surface area contributed by atoms with Gasteiger partial charge in [-0.05, 0) is 43.7 Å². The van der Waals surface area contributed by atoms with E-state index in [0.29, 0.717) is 23.0 Å². The fraction of sp³-hybridized carbons (Fsp3) is 0.500. The van der Waals surface area contributed by atoms with Gasteiger partial charge in [0, 0.05) is 29.6 Å². The molecule has 20 heavy (non-hydrogen) atoms. The van der Waals surface area contributed by atoms with Crippen LogP contribution in [0.5, 0.6) is 0 Å². The summed E-state index contributed by atoms with van der Waals surface area (Å²) in [7, 11) is 1.85. The zero-order valence-corrected chi connectivity index (χ0v) is 13.9. The number of benzene rings is 1. The number of carbonyl (C=O) groups excluding carboxylic acids is 1. The van der Waals surface area contributed by atoms with Gasteiger partial charge in [0.25, 0.3) is 0 Å². The highest BCUT2D eigenvalue weighted by Gasteiger charge is 2.28. The molecule has 2 rings (SSSR count). The smallest absolute Gasteiger partial charge is 0.224 e. The molecule has 1 amide bonds. The number of rotatable bonds is 3. The first-order chi connectivity index (χ1) is 9.04. The van der Waals surface area contributed by atoms with Gasteiger partial charge in [0.15, 0.2) is 0 Å². The van der Waals surface area contributed by atoms with Crippen LogP contribution in [0, 0.1) is 0 Å². The van der Waals surface area contributed by atoms with Crippen LogP contribution in [0.25, 0.3) is 0 Å². The van der Waals surface area contributed by atoms with Crippen LogP contribution in [0.4, 0.5) is 0 Å². The van der Waals surface area contributed by atoms with E-state index in [4.69, 9.17) is 23.2 Å². The van der Waals surface area contributed by atoms with Crippen LogP contribution < -0.4 is 5.32 Å². The van der Waals surface area contributed by atoms with Gasteiger partial charge in [-0.25, -0.2) is 0 Å². The molecule has 1 unspecified atom stereocenters. The zero-order valence-electron chi connectivity index (χ0n) is 11.6. The molecule has 0 spiro atoms. The van der Waals surface area contributed by atoms with Gasteiger partial charge in [-0.2, -0.15) is 0 Å². The Kier molecular flexibility index (Phi) is 6.59. The van der Waals surface area contributed by atoms with Gasteiger partial charge in [-0.3, -0.25) is 4.79 Å².